The zero-order chi connectivity index (χ0) is 32.1. The Labute approximate surface area is 275 Å². The van der Waals surface area contributed by atoms with Crippen molar-refractivity contribution >= 4 is 64.4 Å². The number of imide groups is 2. The highest BCUT2D eigenvalue weighted by molar-refractivity contribution is 6.40. The van der Waals surface area contributed by atoms with E-state index >= 15 is 0 Å². The molecule has 4 aromatic rings. The first kappa shape index (κ1) is 31.9. The maximum atomic E-state index is 13.3. The molecule has 5 rings (SSSR count). The number of carbonyl (C=O) groups excluding carboxylic acids is 3. The number of carbonyl (C=O) groups is 3. The first-order valence-corrected chi connectivity index (χ1v) is 15.0. The fourth-order valence-electron chi connectivity index (χ4n) is 4.60. The van der Waals surface area contributed by atoms with Gasteiger partial charge < -0.3 is 14.2 Å². The number of amides is 4. The van der Waals surface area contributed by atoms with Gasteiger partial charge in [-0.2, -0.15) is 0 Å². The van der Waals surface area contributed by atoms with Gasteiger partial charge in [0.15, 0.2) is 17.2 Å². The number of anilines is 1. The molecule has 0 atom stereocenters. The number of hydrogen-bond donors (Lipinski definition) is 1. The van der Waals surface area contributed by atoms with Crippen LogP contribution in [0.1, 0.15) is 29.2 Å². The van der Waals surface area contributed by atoms with Crippen LogP contribution in [0.4, 0.5) is 10.5 Å². The van der Waals surface area contributed by atoms with Crippen molar-refractivity contribution < 1.29 is 28.6 Å². The molecule has 0 aromatic heterocycles. The van der Waals surface area contributed by atoms with Crippen molar-refractivity contribution in [3.63, 3.8) is 0 Å². The largest absolute Gasteiger partial charge is 0.490 e. The molecule has 4 aromatic carbocycles. The van der Waals surface area contributed by atoms with Crippen molar-refractivity contribution in [3.05, 3.63) is 122 Å². The van der Waals surface area contributed by atoms with Gasteiger partial charge in [0.2, 0.25) is 0 Å². The number of rotatable bonds is 10. The molecule has 1 N–H and O–H groups in total. The number of hydrogen-bond acceptors (Lipinski definition) is 6. The summed E-state index contributed by atoms with van der Waals surface area (Å²) in [6, 6.07) is 22.3. The first-order valence-electron chi connectivity index (χ1n) is 13.9. The minimum absolute atomic E-state index is 0.121. The highest BCUT2D eigenvalue weighted by atomic mass is 35.5. The standard InChI is InChI=1S/C34H27Cl3N2O6/c1-3-43-30-17-22(12-13-29(30)44-18-21-8-5-4-6-9-21)19-45-31-26(36)15-23(16-27(31)37)14-24-32(40)38-34(42)39(33(24)41)28-11-7-10-25(35)20(28)2/h4-17H,3,18-19H2,1-2H3,(H,38,40,42)/b24-14-. The van der Waals surface area contributed by atoms with E-state index in [0.29, 0.717) is 40.9 Å². The second-order valence-electron chi connectivity index (χ2n) is 9.93. The quantitative estimate of drug-likeness (QED) is 0.136. The summed E-state index contributed by atoms with van der Waals surface area (Å²) in [5.41, 5.74) is 2.65. The number of benzene rings is 4. The highest BCUT2D eigenvalue weighted by Gasteiger charge is 2.37. The molecule has 0 aliphatic carbocycles. The average Bonchev–Trinajstić information content (AvgIpc) is 3.01. The summed E-state index contributed by atoms with van der Waals surface area (Å²) in [6.07, 6.45) is 1.31. The lowest BCUT2D eigenvalue weighted by atomic mass is 10.1. The molecule has 1 saturated heterocycles. The maximum absolute atomic E-state index is 13.3. The zero-order valence-corrected chi connectivity index (χ0v) is 26.5. The molecule has 0 radical (unpaired) electrons. The lowest BCUT2D eigenvalue weighted by Gasteiger charge is -2.27. The van der Waals surface area contributed by atoms with E-state index in [4.69, 9.17) is 49.0 Å². The minimum Gasteiger partial charge on any atom is -0.490 e. The van der Waals surface area contributed by atoms with Crippen molar-refractivity contribution in [3.8, 4) is 17.2 Å². The van der Waals surface area contributed by atoms with Gasteiger partial charge in [0, 0.05) is 5.02 Å². The number of nitrogens with zero attached hydrogens (tertiary/aromatic N) is 1. The van der Waals surface area contributed by atoms with Crippen molar-refractivity contribution in [2.24, 2.45) is 0 Å². The molecular formula is C34H27Cl3N2O6. The predicted molar refractivity (Wildman–Crippen MR) is 174 cm³/mol. The monoisotopic (exact) mass is 664 g/mol. The predicted octanol–water partition coefficient (Wildman–Crippen LogP) is 8.18. The van der Waals surface area contributed by atoms with Gasteiger partial charge in [-0.05, 0) is 78.6 Å². The van der Waals surface area contributed by atoms with Gasteiger partial charge >= 0.3 is 6.03 Å². The Bertz CT molecular complexity index is 1790. The molecule has 4 amide bonds. The molecule has 1 heterocycles. The Hall–Kier alpha value is -4.50. The Balaban J connectivity index is 1.33. The Morgan fingerprint density at radius 2 is 1.47 bits per heavy atom. The lowest BCUT2D eigenvalue weighted by molar-refractivity contribution is -0.122. The van der Waals surface area contributed by atoms with Crippen molar-refractivity contribution in [2.75, 3.05) is 11.5 Å². The fraction of sp³-hybridized carbons (Fsp3) is 0.147. The van der Waals surface area contributed by atoms with Crippen LogP contribution in [0.15, 0.2) is 84.4 Å². The molecule has 0 spiro atoms. The number of barbiturate groups is 1. The summed E-state index contributed by atoms with van der Waals surface area (Å²) < 4.78 is 17.7. The van der Waals surface area contributed by atoms with Crippen LogP contribution in [-0.4, -0.2) is 24.5 Å². The number of halogens is 3. The molecule has 11 heteroatoms. The molecule has 45 heavy (non-hydrogen) atoms. The summed E-state index contributed by atoms with van der Waals surface area (Å²) in [6.45, 7) is 4.52. The van der Waals surface area contributed by atoms with Crippen molar-refractivity contribution in [1.82, 2.24) is 5.32 Å². The fourth-order valence-corrected chi connectivity index (χ4v) is 5.39. The van der Waals surface area contributed by atoms with Crippen LogP contribution < -0.4 is 24.4 Å². The number of urea groups is 1. The molecular weight excluding hydrogens is 639 g/mol. The van der Waals surface area contributed by atoms with Crippen LogP contribution in [0.25, 0.3) is 6.08 Å². The van der Waals surface area contributed by atoms with E-state index in [-0.39, 0.29) is 33.7 Å². The van der Waals surface area contributed by atoms with Crippen LogP contribution in [0.2, 0.25) is 15.1 Å². The summed E-state index contributed by atoms with van der Waals surface area (Å²) >= 11 is 19.3. The summed E-state index contributed by atoms with van der Waals surface area (Å²) in [5, 5.41) is 2.87. The Kier molecular flexibility index (Phi) is 9.98. The van der Waals surface area contributed by atoms with Gasteiger partial charge in [-0.3, -0.25) is 14.9 Å². The third-order valence-corrected chi connectivity index (χ3v) is 7.81. The third-order valence-electron chi connectivity index (χ3n) is 6.84. The SMILES string of the molecule is CCOc1cc(COc2c(Cl)cc(/C=C3/C(=O)NC(=O)N(c4cccc(Cl)c4C)C3=O)cc2Cl)ccc1OCc1ccccc1. The molecule has 1 fully saturated rings. The lowest BCUT2D eigenvalue weighted by Crippen LogP contribution is -2.54. The second-order valence-corrected chi connectivity index (χ2v) is 11.2. The molecule has 0 saturated carbocycles. The van der Waals surface area contributed by atoms with Crippen molar-refractivity contribution in [2.45, 2.75) is 27.1 Å². The molecule has 0 bridgehead atoms. The molecule has 0 unspecified atom stereocenters. The Morgan fingerprint density at radius 1 is 0.756 bits per heavy atom. The van der Waals surface area contributed by atoms with Gasteiger partial charge in [-0.1, -0.05) is 77.3 Å². The highest BCUT2D eigenvalue weighted by Crippen LogP contribution is 2.37. The van der Waals surface area contributed by atoms with Crippen LogP contribution in [-0.2, 0) is 22.8 Å². The van der Waals surface area contributed by atoms with E-state index in [1.807, 2.05) is 55.5 Å². The molecule has 1 aliphatic heterocycles. The molecule has 230 valence electrons. The summed E-state index contributed by atoms with van der Waals surface area (Å²) in [5.74, 6) is -0.277. The number of nitrogens with one attached hydrogen (secondary N) is 1. The van der Waals surface area contributed by atoms with Crippen LogP contribution in [0.5, 0.6) is 17.2 Å². The van der Waals surface area contributed by atoms with E-state index in [1.54, 1.807) is 25.1 Å². The van der Waals surface area contributed by atoms with Crippen LogP contribution >= 0.6 is 34.8 Å². The zero-order valence-electron chi connectivity index (χ0n) is 24.2. The van der Waals surface area contributed by atoms with Crippen molar-refractivity contribution in [1.29, 1.82) is 0 Å². The van der Waals surface area contributed by atoms with Gasteiger partial charge in [0.05, 0.1) is 22.3 Å². The van der Waals surface area contributed by atoms with Gasteiger partial charge in [0.25, 0.3) is 11.8 Å². The van der Waals surface area contributed by atoms with Crippen LogP contribution in [0.3, 0.4) is 0 Å². The van der Waals surface area contributed by atoms with Gasteiger partial charge in [0.1, 0.15) is 18.8 Å². The number of ether oxygens (including phenoxy) is 3. The van der Waals surface area contributed by atoms with E-state index < -0.39 is 17.8 Å². The van der Waals surface area contributed by atoms with Gasteiger partial charge in [-0.25, -0.2) is 9.69 Å². The summed E-state index contributed by atoms with van der Waals surface area (Å²) in [7, 11) is 0. The molecule has 1 aliphatic rings. The first-order chi connectivity index (χ1) is 21.7. The Morgan fingerprint density at radius 3 is 2.18 bits per heavy atom. The normalized spacial score (nSPS) is 14.0. The van der Waals surface area contributed by atoms with E-state index in [2.05, 4.69) is 5.32 Å². The third kappa shape index (κ3) is 7.26. The van der Waals surface area contributed by atoms with Gasteiger partial charge in [-0.15, -0.1) is 0 Å². The smallest absolute Gasteiger partial charge is 0.335 e. The molecule has 8 nitrogen and oxygen atoms in total. The summed E-state index contributed by atoms with van der Waals surface area (Å²) in [4.78, 5) is 39.5. The van der Waals surface area contributed by atoms with Crippen LogP contribution in [0, 0.1) is 6.92 Å². The average molecular weight is 666 g/mol. The maximum Gasteiger partial charge on any atom is 0.335 e. The second kappa shape index (κ2) is 14.1. The van der Waals surface area contributed by atoms with E-state index in [0.717, 1.165) is 16.0 Å². The van der Waals surface area contributed by atoms with E-state index in [9.17, 15) is 14.4 Å². The van der Waals surface area contributed by atoms with E-state index in [1.165, 1.54) is 18.2 Å². The topological polar surface area (TPSA) is 94.2 Å². The minimum atomic E-state index is -0.879.